The Balaban J connectivity index is 2.89. The van der Waals surface area contributed by atoms with Gasteiger partial charge in [0.1, 0.15) is 0 Å². The molecule has 5 nitrogen and oxygen atoms in total. The van der Waals surface area contributed by atoms with Crippen LogP contribution in [0.4, 0.5) is 11.4 Å². The van der Waals surface area contributed by atoms with E-state index in [9.17, 15) is 10.1 Å². The number of nitrogen functional groups attached to an aromatic ring is 1. The summed E-state index contributed by atoms with van der Waals surface area (Å²) >= 11 is 1.33. The summed E-state index contributed by atoms with van der Waals surface area (Å²) in [6, 6.07) is 4.40. The van der Waals surface area contributed by atoms with E-state index in [-0.39, 0.29) is 12.3 Å². The number of thioether (sulfide) groups is 1. The highest BCUT2D eigenvalue weighted by Gasteiger charge is 2.08. The smallest absolute Gasteiger partial charge is 0.272 e. The molecule has 6 heteroatoms. The molecule has 0 fully saturated rings. The second kappa shape index (κ2) is 4.83. The Labute approximate surface area is 85.1 Å². The number of benzene rings is 1. The van der Waals surface area contributed by atoms with Crippen LogP contribution in [0.5, 0.6) is 0 Å². The second-order valence-corrected chi connectivity index (χ2v) is 3.76. The second-order valence-electron chi connectivity index (χ2n) is 2.59. The van der Waals surface area contributed by atoms with Crippen LogP contribution in [0.1, 0.15) is 0 Å². The van der Waals surface area contributed by atoms with Crippen LogP contribution in [0.2, 0.25) is 0 Å². The minimum Gasteiger partial charge on any atom is -0.398 e. The third kappa shape index (κ3) is 2.90. The molecule has 3 N–H and O–H groups in total. The zero-order chi connectivity index (χ0) is 10.6. The monoisotopic (exact) mass is 214 g/mol. The van der Waals surface area contributed by atoms with Crippen LogP contribution in [0, 0.1) is 10.1 Å². The molecule has 0 spiro atoms. The first kappa shape index (κ1) is 10.8. The number of hydrogen-bond donors (Lipinski definition) is 2. The van der Waals surface area contributed by atoms with Crippen LogP contribution in [0.15, 0.2) is 23.1 Å². The Bertz CT molecular complexity index is 343. The Morgan fingerprint density at radius 3 is 2.79 bits per heavy atom. The molecule has 76 valence electrons. The molecule has 0 heterocycles. The number of hydrogen-bond acceptors (Lipinski definition) is 5. The fourth-order valence-electron chi connectivity index (χ4n) is 0.958. The summed E-state index contributed by atoms with van der Waals surface area (Å²) in [5.41, 5.74) is 5.83. The summed E-state index contributed by atoms with van der Waals surface area (Å²) in [5, 5.41) is 19.1. The minimum absolute atomic E-state index is 0.0227. The zero-order valence-corrected chi connectivity index (χ0v) is 8.16. The highest BCUT2D eigenvalue weighted by atomic mass is 32.2. The van der Waals surface area contributed by atoms with Crippen molar-refractivity contribution in [3.63, 3.8) is 0 Å². The molecule has 1 aromatic rings. The molecule has 0 unspecified atom stereocenters. The topological polar surface area (TPSA) is 89.4 Å². The molecule has 0 saturated carbocycles. The SMILES string of the molecule is Nc1cc(SCCO)cc([N+](=O)[O-])c1. The Morgan fingerprint density at radius 2 is 2.21 bits per heavy atom. The third-order valence-corrected chi connectivity index (χ3v) is 2.44. The third-order valence-electron chi connectivity index (χ3n) is 1.48. The molecule has 0 aliphatic carbocycles. The van der Waals surface area contributed by atoms with Gasteiger partial charge in [-0.1, -0.05) is 0 Å². The quantitative estimate of drug-likeness (QED) is 0.341. The fourth-order valence-corrected chi connectivity index (χ4v) is 1.71. The van der Waals surface area contributed by atoms with Gasteiger partial charge in [0.25, 0.3) is 5.69 Å². The average Bonchev–Trinajstić information content (AvgIpc) is 2.14. The van der Waals surface area contributed by atoms with Gasteiger partial charge in [0.05, 0.1) is 11.5 Å². The van der Waals surface area contributed by atoms with E-state index < -0.39 is 4.92 Å². The molecule has 0 atom stereocenters. The normalized spacial score (nSPS) is 10.1. The van der Waals surface area contributed by atoms with Crippen molar-refractivity contribution < 1.29 is 10.0 Å². The number of nitro benzene ring substituents is 1. The lowest BCUT2D eigenvalue weighted by molar-refractivity contribution is -0.385. The first-order valence-electron chi connectivity index (χ1n) is 3.92. The van der Waals surface area contributed by atoms with Crippen molar-refractivity contribution in [1.82, 2.24) is 0 Å². The molecule has 0 bridgehead atoms. The summed E-state index contributed by atoms with van der Waals surface area (Å²) in [7, 11) is 0. The van der Waals surface area contributed by atoms with Crippen molar-refractivity contribution in [2.75, 3.05) is 18.1 Å². The summed E-state index contributed by atoms with van der Waals surface area (Å²) in [6.07, 6.45) is 0. The van der Waals surface area contributed by atoms with Crippen molar-refractivity contribution in [2.24, 2.45) is 0 Å². The molecule has 0 aliphatic rings. The zero-order valence-electron chi connectivity index (χ0n) is 7.34. The van der Waals surface area contributed by atoms with Gasteiger partial charge in [0.2, 0.25) is 0 Å². The number of nitrogens with zero attached hydrogens (tertiary/aromatic N) is 1. The molecular formula is C8H10N2O3S. The van der Waals surface area contributed by atoms with Gasteiger partial charge in [-0.3, -0.25) is 10.1 Å². The summed E-state index contributed by atoms with van der Waals surface area (Å²) in [5.74, 6) is 0.501. The number of rotatable bonds is 4. The van der Waals surface area contributed by atoms with Crippen LogP contribution in [-0.2, 0) is 0 Å². The highest BCUT2D eigenvalue weighted by molar-refractivity contribution is 7.99. The molecule has 0 saturated heterocycles. The van der Waals surface area contributed by atoms with E-state index in [2.05, 4.69) is 0 Å². The first-order chi connectivity index (χ1) is 6.63. The van der Waals surface area contributed by atoms with Crippen molar-refractivity contribution in [3.8, 4) is 0 Å². The predicted molar refractivity (Wildman–Crippen MR) is 55.3 cm³/mol. The number of aliphatic hydroxyl groups excluding tert-OH is 1. The van der Waals surface area contributed by atoms with E-state index in [0.717, 1.165) is 0 Å². The molecule has 1 aromatic carbocycles. The van der Waals surface area contributed by atoms with Crippen LogP contribution < -0.4 is 5.73 Å². The lowest BCUT2D eigenvalue weighted by atomic mass is 10.3. The lowest BCUT2D eigenvalue weighted by Gasteiger charge is -2.01. The molecular weight excluding hydrogens is 204 g/mol. The van der Waals surface area contributed by atoms with E-state index in [1.54, 1.807) is 6.07 Å². The number of anilines is 1. The van der Waals surface area contributed by atoms with Crippen LogP contribution >= 0.6 is 11.8 Å². The van der Waals surface area contributed by atoms with E-state index in [1.807, 2.05) is 0 Å². The molecule has 14 heavy (non-hydrogen) atoms. The molecule has 0 aliphatic heterocycles. The first-order valence-corrected chi connectivity index (χ1v) is 4.90. The Hall–Kier alpha value is -1.27. The largest absolute Gasteiger partial charge is 0.398 e. The predicted octanol–water partition coefficient (Wildman–Crippen LogP) is 1.26. The maximum absolute atomic E-state index is 10.5. The Morgan fingerprint density at radius 1 is 1.50 bits per heavy atom. The van der Waals surface area contributed by atoms with Gasteiger partial charge in [0, 0.05) is 28.5 Å². The van der Waals surface area contributed by atoms with Gasteiger partial charge in [-0.05, 0) is 6.07 Å². The summed E-state index contributed by atoms with van der Waals surface area (Å²) < 4.78 is 0. The summed E-state index contributed by atoms with van der Waals surface area (Å²) in [6.45, 7) is 0.0350. The van der Waals surface area contributed by atoms with Gasteiger partial charge in [-0.15, -0.1) is 11.8 Å². The number of nitrogens with two attached hydrogens (primary N) is 1. The van der Waals surface area contributed by atoms with Crippen LogP contribution in [0.25, 0.3) is 0 Å². The minimum atomic E-state index is -0.487. The van der Waals surface area contributed by atoms with E-state index >= 15 is 0 Å². The van der Waals surface area contributed by atoms with Gasteiger partial charge in [-0.2, -0.15) is 0 Å². The van der Waals surface area contributed by atoms with Crippen molar-refractivity contribution in [3.05, 3.63) is 28.3 Å². The number of nitro groups is 1. The van der Waals surface area contributed by atoms with Gasteiger partial charge in [-0.25, -0.2) is 0 Å². The van der Waals surface area contributed by atoms with Crippen molar-refractivity contribution in [2.45, 2.75) is 4.90 Å². The molecule has 0 aromatic heterocycles. The van der Waals surface area contributed by atoms with Crippen LogP contribution in [0.3, 0.4) is 0 Å². The van der Waals surface area contributed by atoms with E-state index in [0.29, 0.717) is 16.3 Å². The Kier molecular flexibility index (Phi) is 3.73. The standard InChI is InChI=1S/C8H10N2O3S/c9-6-3-7(10(12)13)5-8(4-6)14-2-1-11/h3-5,11H,1-2,9H2. The molecule has 0 radical (unpaired) electrons. The van der Waals surface area contributed by atoms with Gasteiger partial charge < -0.3 is 10.8 Å². The average molecular weight is 214 g/mol. The van der Waals surface area contributed by atoms with E-state index in [1.165, 1.54) is 23.9 Å². The van der Waals surface area contributed by atoms with Crippen molar-refractivity contribution >= 4 is 23.1 Å². The number of non-ortho nitro benzene ring substituents is 1. The maximum atomic E-state index is 10.5. The van der Waals surface area contributed by atoms with Gasteiger partial charge >= 0.3 is 0 Å². The fraction of sp³-hybridized carbons (Fsp3) is 0.250. The van der Waals surface area contributed by atoms with Crippen LogP contribution in [-0.4, -0.2) is 22.4 Å². The van der Waals surface area contributed by atoms with Gasteiger partial charge in [0.15, 0.2) is 0 Å². The molecule has 0 amide bonds. The lowest BCUT2D eigenvalue weighted by Crippen LogP contribution is -1.93. The summed E-state index contributed by atoms with van der Waals surface area (Å²) in [4.78, 5) is 10.7. The maximum Gasteiger partial charge on any atom is 0.272 e. The number of aliphatic hydroxyl groups is 1. The van der Waals surface area contributed by atoms with E-state index in [4.69, 9.17) is 10.8 Å². The molecule has 1 rings (SSSR count). The highest BCUT2D eigenvalue weighted by Crippen LogP contribution is 2.26. The van der Waals surface area contributed by atoms with Crippen molar-refractivity contribution in [1.29, 1.82) is 0 Å².